The summed E-state index contributed by atoms with van der Waals surface area (Å²) in [6.45, 7) is 3.13. The second-order valence-corrected chi connectivity index (χ2v) is 7.84. The summed E-state index contributed by atoms with van der Waals surface area (Å²) in [6, 6.07) is 17.3. The first-order valence-corrected chi connectivity index (χ1v) is 10.0. The van der Waals surface area contributed by atoms with Gasteiger partial charge in [0, 0.05) is 12.0 Å². The standard InChI is InChI=1S/C23H29FN2/c24-16-18-2-1-3-21(14-18)19-4-6-20(7-5-19)22-15-23(22)26-13-10-17-8-11-25-12-9-17/h1-7,14,17,22-23,25-26H,8-13,15-16H2/t22-,23+/m1/s1. The molecule has 0 amide bonds. The molecule has 26 heavy (non-hydrogen) atoms. The lowest BCUT2D eigenvalue weighted by Gasteiger charge is -2.22. The third kappa shape index (κ3) is 4.33. The van der Waals surface area contributed by atoms with Crippen molar-refractivity contribution >= 4 is 0 Å². The van der Waals surface area contributed by atoms with Crippen LogP contribution in [0, 0.1) is 5.92 Å². The Morgan fingerprint density at radius 1 is 1.00 bits per heavy atom. The second kappa shape index (κ2) is 8.32. The van der Waals surface area contributed by atoms with Gasteiger partial charge in [-0.15, -0.1) is 0 Å². The number of benzene rings is 2. The molecule has 2 N–H and O–H groups in total. The second-order valence-electron chi connectivity index (χ2n) is 7.84. The number of alkyl halides is 1. The van der Waals surface area contributed by atoms with Crippen LogP contribution in [0.3, 0.4) is 0 Å². The smallest absolute Gasteiger partial charge is 0.115 e. The highest BCUT2D eigenvalue weighted by atomic mass is 19.1. The van der Waals surface area contributed by atoms with E-state index in [1.165, 1.54) is 49.9 Å². The summed E-state index contributed by atoms with van der Waals surface area (Å²) < 4.78 is 12.9. The predicted octanol–water partition coefficient (Wildman–Crippen LogP) is 4.66. The molecule has 2 fully saturated rings. The minimum Gasteiger partial charge on any atom is -0.317 e. The lowest BCUT2D eigenvalue weighted by atomic mass is 9.95. The molecule has 2 aromatic rings. The Hall–Kier alpha value is -1.71. The van der Waals surface area contributed by atoms with Crippen molar-refractivity contribution in [2.45, 2.75) is 44.3 Å². The molecule has 2 aliphatic rings. The molecule has 2 nitrogen and oxygen atoms in total. The lowest BCUT2D eigenvalue weighted by molar-refractivity contribution is 0.347. The number of nitrogens with one attached hydrogen (secondary N) is 2. The van der Waals surface area contributed by atoms with Gasteiger partial charge in [-0.1, -0.05) is 42.5 Å². The number of hydrogen-bond acceptors (Lipinski definition) is 2. The summed E-state index contributed by atoms with van der Waals surface area (Å²) in [5.74, 6) is 1.56. The Morgan fingerprint density at radius 2 is 1.81 bits per heavy atom. The molecule has 1 aliphatic carbocycles. The molecule has 0 aromatic heterocycles. The first kappa shape index (κ1) is 17.7. The van der Waals surface area contributed by atoms with Gasteiger partial charge in [-0.2, -0.15) is 0 Å². The van der Waals surface area contributed by atoms with Crippen molar-refractivity contribution in [1.82, 2.24) is 10.6 Å². The van der Waals surface area contributed by atoms with Gasteiger partial charge < -0.3 is 10.6 Å². The van der Waals surface area contributed by atoms with E-state index >= 15 is 0 Å². The van der Waals surface area contributed by atoms with Crippen LogP contribution in [0.1, 0.15) is 42.7 Å². The summed E-state index contributed by atoms with van der Waals surface area (Å²) in [4.78, 5) is 0. The molecule has 0 radical (unpaired) electrons. The largest absolute Gasteiger partial charge is 0.317 e. The van der Waals surface area contributed by atoms with Crippen LogP contribution in [-0.2, 0) is 6.67 Å². The molecule has 0 spiro atoms. The fourth-order valence-corrected chi connectivity index (χ4v) is 4.19. The van der Waals surface area contributed by atoms with Crippen LogP contribution in [0.25, 0.3) is 11.1 Å². The third-order valence-corrected chi connectivity index (χ3v) is 5.96. The number of halogens is 1. The van der Waals surface area contributed by atoms with Crippen molar-refractivity contribution < 1.29 is 4.39 Å². The van der Waals surface area contributed by atoms with Gasteiger partial charge in [0.25, 0.3) is 0 Å². The van der Waals surface area contributed by atoms with Crippen LogP contribution in [0.4, 0.5) is 4.39 Å². The van der Waals surface area contributed by atoms with Gasteiger partial charge in [-0.25, -0.2) is 4.39 Å². The Bertz CT molecular complexity index is 706. The molecule has 3 heteroatoms. The first-order chi connectivity index (χ1) is 12.8. The van der Waals surface area contributed by atoms with Gasteiger partial charge in [0.05, 0.1) is 0 Å². The zero-order valence-corrected chi connectivity index (χ0v) is 15.4. The quantitative estimate of drug-likeness (QED) is 0.757. The first-order valence-electron chi connectivity index (χ1n) is 10.0. The van der Waals surface area contributed by atoms with Gasteiger partial charge in [0.15, 0.2) is 0 Å². The Balaban J connectivity index is 1.28. The number of piperidine rings is 1. The van der Waals surface area contributed by atoms with Crippen molar-refractivity contribution in [3.63, 3.8) is 0 Å². The van der Waals surface area contributed by atoms with Crippen molar-refractivity contribution in [1.29, 1.82) is 0 Å². The Kier molecular flexibility index (Phi) is 5.66. The summed E-state index contributed by atoms with van der Waals surface area (Å²) >= 11 is 0. The zero-order valence-electron chi connectivity index (χ0n) is 15.4. The van der Waals surface area contributed by atoms with Crippen molar-refractivity contribution in [2.75, 3.05) is 19.6 Å². The SMILES string of the molecule is FCc1cccc(-c2ccc([C@H]3C[C@@H]3NCCC3CCNCC3)cc2)c1. The minimum absolute atomic E-state index is 0.404. The fraction of sp³-hybridized carbons (Fsp3) is 0.478. The molecule has 4 rings (SSSR count). The van der Waals surface area contributed by atoms with E-state index < -0.39 is 6.67 Å². The van der Waals surface area contributed by atoms with E-state index in [1.54, 1.807) is 0 Å². The van der Waals surface area contributed by atoms with Gasteiger partial charge >= 0.3 is 0 Å². The maximum Gasteiger partial charge on any atom is 0.115 e. The maximum atomic E-state index is 12.9. The van der Waals surface area contributed by atoms with Gasteiger partial charge in [0.1, 0.15) is 6.67 Å². The molecule has 2 aromatic carbocycles. The minimum atomic E-state index is -0.404. The molecular weight excluding hydrogens is 323 g/mol. The summed E-state index contributed by atoms with van der Waals surface area (Å²) in [7, 11) is 0. The predicted molar refractivity (Wildman–Crippen MR) is 106 cm³/mol. The van der Waals surface area contributed by atoms with Gasteiger partial charge in [-0.3, -0.25) is 0 Å². The molecule has 2 atom stereocenters. The van der Waals surface area contributed by atoms with Gasteiger partial charge in [-0.05, 0) is 79.6 Å². The molecule has 138 valence electrons. The Morgan fingerprint density at radius 3 is 2.58 bits per heavy atom. The zero-order chi connectivity index (χ0) is 17.8. The normalized spacial score (nSPS) is 23.1. The molecule has 1 heterocycles. The fourth-order valence-electron chi connectivity index (χ4n) is 4.19. The van der Waals surface area contributed by atoms with Crippen molar-refractivity contribution in [3.05, 3.63) is 59.7 Å². The van der Waals surface area contributed by atoms with Crippen LogP contribution >= 0.6 is 0 Å². The Labute approximate surface area is 156 Å². The van der Waals surface area contributed by atoms with E-state index in [0.717, 1.165) is 23.6 Å². The molecule has 0 bridgehead atoms. The average Bonchev–Trinajstić information content (AvgIpc) is 3.48. The highest BCUT2D eigenvalue weighted by Crippen LogP contribution is 2.41. The van der Waals surface area contributed by atoms with E-state index in [-0.39, 0.29) is 0 Å². The molecule has 1 saturated carbocycles. The lowest BCUT2D eigenvalue weighted by Crippen LogP contribution is -2.30. The third-order valence-electron chi connectivity index (χ3n) is 5.96. The van der Waals surface area contributed by atoms with Gasteiger partial charge in [0.2, 0.25) is 0 Å². The van der Waals surface area contributed by atoms with E-state index in [1.807, 2.05) is 18.2 Å². The topological polar surface area (TPSA) is 24.1 Å². The monoisotopic (exact) mass is 352 g/mol. The van der Waals surface area contributed by atoms with Crippen molar-refractivity contribution in [3.8, 4) is 11.1 Å². The maximum absolute atomic E-state index is 12.9. The van der Waals surface area contributed by atoms with Crippen LogP contribution in [-0.4, -0.2) is 25.7 Å². The van der Waals surface area contributed by atoms with E-state index in [9.17, 15) is 4.39 Å². The highest BCUT2D eigenvalue weighted by Gasteiger charge is 2.37. The van der Waals surface area contributed by atoms with E-state index in [0.29, 0.717) is 12.0 Å². The van der Waals surface area contributed by atoms with Crippen LogP contribution in [0.5, 0.6) is 0 Å². The summed E-state index contributed by atoms with van der Waals surface area (Å²) in [5.41, 5.74) is 4.43. The molecular formula is C23H29FN2. The molecule has 1 aliphatic heterocycles. The van der Waals surface area contributed by atoms with Crippen molar-refractivity contribution in [2.24, 2.45) is 5.92 Å². The highest BCUT2D eigenvalue weighted by molar-refractivity contribution is 5.64. The number of rotatable bonds is 7. The number of hydrogen-bond donors (Lipinski definition) is 2. The molecule has 1 saturated heterocycles. The van der Waals surface area contributed by atoms with Crippen LogP contribution in [0.2, 0.25) is 0 Å². The molecule has 0 unspecified atom stereocenters. The van der Waals surface area contributed by atoms with E-state index in [2.05, 4.69) is 41.0 Å². The van der Waals surface area contributed by atoms with E-state index in [4.69, 9.17) is 0 Å². The summed E-state index contributed by atoms with van der Waals surface area (Å²) in [6.07, 6.45) is 5.24. The van der Waals surface area contributed by atoms with Crippen LogP contribution < -0.4 is 10.6 Å². The summed E-state index contributed by atoms with van der Waals surface area (Å²) in [5, 5.41) is 7.19. The average molecular weight is 352 g/mol. The van der Waals surface area contributed by atoms with Crippen LogP contribution in [0.15, 0.2) is 48.5 Å².